The summed E-state index contributed by atoms with van der Waals surface area (Å²) in [4.78, 5) is 18.5. The van der Waals surface area contributed by atoms with Crippen molar-refractivity contribution >= 4 is 33.2 Å². The van der Waals surface area contributed by atoms with Crippen molar-refractivity contribution in [2.24, 2.45) is 0 Å². The van der Waals surface area contributed by atoms with Gasteiger partial charge in [0.15, 0.2) is 0 Å². The molecule has 1 aromatic heterocycles. The number of carbonyl (C=O) groups is 1. The van der Waals surface area contributed by atoms with Crippen LogP contribution in [0.4, 0.5) is 0 Å². The topological polar surface area (TPSA) is 33.2 Å². The average Bonchev–Trinajstić information content (AvgIpc) is 2.95. The third-order valence-electron chi connectivity index (χ3n) is 3.01. The Morgan fingerprint density at radius 3 is 2.68 bits per heavy atom. The van der Waals surface area contributed by atoms with E-state index in [-0.39, 0.29) is 5.91 Å². The first kappa shape index (κ1) is 16.6. The SMILES string of the molecule is C=CCN(CC=C)C(=O)Cc1csc(-c2cccc(Br)c2)n1. The van der Waals surface area contributed by atoms with E-state index in [1.165, 1.54) is 0 Å². The van der Waals surface area contributed by atoms with Gasteiger partial charge in [-0.1, -0.05) is 40.2 Å². The Balaban J connectivity index is 2.09. The summed E-state index contributed by atoms with van der Waals surface area (Å²) in [6.07, 6.45) is 3.73. The van der Waals surface area contributed by atoms with Crippen molar-refractivity contribution < 1.29 is 4.79 Å². The van der Waals surface area contributed by atoms with Gasteiger partial charge >= 0.3 is 0 Å². The van der Waals surface area contributed by atoms with Crippen LogP contribution < -0.4 is 0 Å². The average molecular weight is 377 g/mol. The van der Waals surface area contributed by atoms with Crippen molar-refractivity contribution in [3.8, 4) is 10.6 Å². The summed E-state index contributed by atoms with van der Waals surface area (Å²) in [5.74, 6) is 0.0332. The van der Waals surface area contributed by atoms with Crippen molar-refractivity contribution in [1.82, 2.24) is 9.88 Å². The molecule has 114 valence electrons. The van der Waals surface area contributed by atoms with E-state index in [4.69, 9.17) is 0 Å². The van der Waals surface area contributed by atoms with Crippen molar-refractivity contribution in [3.63, 3.8) is 0 Å². The largest absolute Gasteiger partial charge is 0.335 e. The highest BCUT2D eigenvalue weighted by molar-refractivity contribution is 9.10. The van der Waals surface area contributed by atoms with Crippen LogP contribution in [-0.4, -0.2) is 28.9 Å². The third-order valence-corrected chi connectivity index (χ3v) is 4.44. The fraction of sp³-hybridized carbons (Fsp3) is 0.176. The lowest BCUT2D eigenvalue weighted by Gasteiger charge is -2.18. The second-order valence-electron chi connectivity index (χ2n) is 4.71. The van der Waals surface area contributed by atoms with E-state index in [0.717, 1.165) is 20.7 Å². The normalized spacial score (nSPS) is 10.2. The quantitative estimate of drug-likeness (QED) is 0.674. The molecule has 0 atom stereocenters. The highest BCUT2D eigenvalue weighted by atomic mass is 79.9. The number of hydrogen-bond donors (Lipinski definition) is 0. The summed E-state index contributed by atoms with van der Waals surface area (Å²) in [5.41, 5.74) is 1.84. The van der Waals surface area contributed by atoms with Crippen LogP contribution in [0.5, 0.6) is 0 Å². The Morgan fingerprint density at radius 1 is 1.32 bits per heavy atom. The van der Waals surface area contributed by atoms with Gasteiger partial charge in [-0.15, -0.1) is 24.5 Å². The van der Waals surface area contributed by atoms with Gasteiger partial charge in [0, 0.05) is 28.5 Å². The fourth-order valence-electron chi connectivity index (χ4n) is 2.00. The molecule has 0 bridgehead atoms. The van der Waals surface area contributed by atoms with Crippen LogP contribution in [0.15, 0.2) is 59.4 Å². The fourth-order valence-corrected chi connectivity index (χ4v) is 3.21. The number of benzene rings is 1. The van der Waals surface area contributed by atoms with Gasteiger partial charge in [-0.25, -0.2) is 4.98 Å². The first-order valence-electron chi connectivity index (χ1n) is 6.84. The van der Waals surface area contributed by atoms with Crippen LogP contribution in [-0.2, 0) is 11.2 Å². The van der Waals surface area contributed by atoms with Crippen LogP contribution in [0, 0.1) is 0 Å². The summed E-state index contributed by atoms with van der Waals surface area (Å²) >= 11 is 5.01. The first-order valence-corrected chi connectivity index (χ1v) is 8.51. The summed E-state index contributed by atoms with van der Waals surface area (Å²) < 4.78 is 1.01. The molecule has 0 unspecified atom stereocenters. The zero-order valence-electron chi connectivity index (χ0n) is 12.2. The zero-order chi connectivity index (χ0) is 15.9. The van der Waals surface area contributed by atoms with E-state index in [9.17, 15) is 4.79 Å². The molecule has 0 saturated heterocycles. The minimum absolute atomic E-state index is 0.0332. The Hall–Kier alpha value is -1.72. The molecular weight excluding hydrogens is 360 g/mol. The number of amides is 1. The van der Waals surface area contributed by atoms with Gasteiger partial charge in [-0.3, -0.25) is 4.79 Å². The highest BCUT2D eigenvalue weighted by Gasteiger charge is 2.14. The number of hydrogen-bond acceptors (Lipinski definition) is 3. The summed E-state index contributed by atoms with van der Waals surface area (Å²) in [5, 5.41) is 2.86. The van der Waals surface area contributed by atoms with E-state index in [2.05, 4.69) is 34.1 Å². The second kappa shape index (κ2) is 8.06. The van der Waals surface area contributed by atoms with Gasteiger partial charge in [-0.05, 0) is 12.1 Å². The van der Waals surface area contributed by atoms with Gasteiger partial charge < -0.3 is 4.90 Å². The number of rotatable bonds is 7. The predicted molar refractivity (Wildman–Crippen MR) is 95.9 cm³/mol. The van der Waals surface area contributed by atoms with Crippen molar-refractivity contribution in [3.05, 3.63) is 65.1 Å². The molecule has 0 spiro atoms. The molecule has 0 fully saturated rings. The molecule has 22 heavy (non-hydrogen) atoms. The van der Waals surface area contributed by atoms with Crippen LogP contribution >= 0.6 is 27.3 Å². The molecule has 0 aliphatic heterocycles. The van der Waals surface area contributed by atoms with Crippen LogP contribution in [0.3, 0.4) is 0 Å². The Bertz CT molecular complexity index is 671. The molecule has 0 aliphatic rings. The van der Waals surface area contributed by atoms with Crippen LogP contribution in [0.1, 0.15) is 5.69 Å². The molecule has 1 amide bonds. The molecule has 1 aromatic carbocycles. The minimum Gasteiger partial charge on any atom is -0.335 e. The molecule has 3 nitrogen and oxygen atoms in total. The molecule has 5 heteroatoms. The lowest BCUT2D eigenvalue weighted by molar-refractivity contribution is -0.129. The lowest BCUT2D eigenvalue weighted by Crippen LogP contribution is -2.32. The molecule has 0 aliphatic carbocycles. The number of carbonyl (C=O) groups excluding carboxylic acids is 1. The lowest BCUT2D eigenvalue weighted by atomic mass is 10.2. The van der Waals surface area contributed by atoms with Gasteiger partial charge in [0.25, 0.3) is 0 Å². The number of halogens is 1. The summed E-state index contributed by atoms with van der Waals surface area (Å²) in [6.45, 7) is 8.40. The van der Waals surface area contributed by atoms with Gasteiger partial charge in [0.1, 0.15) is 5.01 Å². The van der Waals surface area contributed by atoms with Gasteiger partial charge in [-0.2, -0.15) is 0 Å². The molecule has 0 N–H and O–H groups in total. The molecule has 1 heterocycles. The molecule has 2 rings (SSSR count). The Labute approximate surface area is 143 Å². The molecule has 2 aromatic rings. The number of thiazole rings is 1. The standard InChI is InChI=1S/C17H17BrN2OS/c1-3-8-20(9-4-2)16(21)11-15-12-22-17(19-15)13-6-5-7-14(18)10-13/h3-7,10,12H,1-2,8-9,11H2. The minimum atomic E-state index is 0.0332. The molecular formula is C17H17BrN2OS. The predicted octanol–water partition coefficient (Wildman–Crippen LogP) is 4.32. The van der Waals surface area contributed by atoms with E-state index in [0.29, 0.717) is 19.5 Å². The van der Waals surface area contributed by atoms with Gasteiger partial charge in [0.2, 0.25) is 5.91 Å². The third kappa shape index (κ3) is 4.39. The maximum absolute atomic E-state index is 12.3. The maximum atomic E-state index is 12.3. The summed E-state index contributed by atoms with van der Waals surface area (Å²) in [6, 6.07) is 7.98. The number of aromatic nitrogens is 1. The van der Waals surface area contributed by atoms with Crippen molar-refractivity contribution in [2.45, 2.75) is 6.42 Å². The maximum Gasteiger partial charge on any atom is 0.229 e. The van der Waals surface area contributed by atoms with Crippen molar-refractivity contribution in [2.75, 3.05) is 13.1 Å². The Kier molecular flexibility index (Phi) is 6.10. The number of nitrogens with zero attached hydrogens (tertiary/aromatic N) is 2. The zero-order valence-corrected chi connectivity index (χ0v) is 14.6. The highest BCUT2D eigenvalue weighted by Crippen LogP contribution is 2.26. The van der Waals surface area contributed by atoms with E-state index < -0.39 is 0 Å². The monoisotopic (exact) mass is 376 g/mol. The van der Waals surface area contributed by atoms with Crippen LogP contribution in [0.2, 0.25) is 0 Å². The second-order valence-corrected chi connectivity index (χ2v) is 6.48. The van der Waals surface area contributed by atoms with Crippen LogP contribution in [0.25, 0.3) is 10.6 Å². The van der Waals surface area contributed by atoms with E-state index in [1.807, 2.05) is 29.6 Å². The first-order chi connectivity index (χ1) is 10.6. The molecule has 0 radical (unpaired) electrons. The van der Waals surface area contributed by atoms with E-state index >= 15 is 0 Å². The Morgan fingerprint density at radius 2 is 2.05 bits per heavy atom. The van der Waals surface area contributed by atoms with E-state index in [1.54, 1.807) is 28.4 Å². The molecule has 0 saturated carbocycles. The van der Waals surface area contributed by atoms with Gasteiger partial charge in [0.05, 0.1) is 12.1 Å². The summed E-state index contributed by atoms with van der Waals surface area (Å²) in [7, 11) is 0. The smallest absolute Gasteiger partial charge is 0.229 e. The van der Waals surface area contributed by atoms with Crippen molar-refractivity contribution in [1.29, 1.82) is 0 Å².